The summed E-state index contributed by atoms with van der Waals surface area (Å²) in [6, 6.07) is 8.63. The molecular formula is C30H47FN2O. The number of unbranched alkanes of at least 4 members (excludes halogenated alkanes) is 10. The lowest BCUT2D eigenvalue weighted by Crippen LogP contribution is -2.03. The Hall–Kier alpha value is -1.97. The Morgan fingerprint density at radius 1 is 0.706 bits per heavy atom. The van der Waals surface area contributed by atoms with Crippen molar-refractivity contribution < 1.29 is 9.13 Å². The fourth-order valence-corrected chi connectivity index (χ4v) is 4.24. The molecule has 4 heteroatoms. The standard InChI is InChI=1S/C30H47FN2O/c1-3-5-7-8-9-10-11-13-16-26-19-21-27(22-20-26)30-32-24-29(25-33-30)34-23-15-14-18-28(31)17-12-6-4-2/h19-22,24-25,28H,3-18,23H2,1-2H3. The van der Waals surface area contributed by atoms with E-state index in [4.69, 9.17) is 4.74 Å². The molecule has 1 unspecified atom stereocenters. The fraction of sp³-hybridized carbons (Fsp3) is 0.667. The van der Waals surface area contributed by atoms with Crippen LogP contribution in [0.4, 0.5) is 4.39 Å². The molecule has 0 aliphatic rings. The maximum atomic E-state index is 13.8. The van der Waals surface area contributed by atoms with E-state index in [0.29, 0.717) is 25.2 Å². The first-order chi connectivity index (χ1) is 16.7. The molecule has 2 aromatic rings. The van der Waals surface area contributed by atoms with E-state index in [1.54, 1.807) is 12.4 Å². The first kappa shape index (κ1) is 28.3. The van der Waals surface area contributed by atoms with Crippen molar-refractivity contribution in [1.82, 2.24) is 9.97 Å². The number of ether oxygens (including phenoxy) is 1. The van der Waals surface area contributed by atoms with Gasteiger partial charge in [-0.15, -0.1) is 0 Å². The van der Waals surface area contributed by atoms with Crippen molar-refractivity contribution in [2.24, 2.45) is 0 Å². The quantitative estimate of drug-likeness (QED) is 0.181. The lowest BCUT2D eigenvalue weighted by atomic mass is 10.0. The van der Waals surface area contributed by atoms with E-state index in [2.05, 4.69) is 48.1 Å². The van der Waals surface area contributed by atoms with Gasteiger partial charge in [0.15, 0.2) is 11.6 Å². The van der Waals surface area contributed by atoms with Crippen LogP contribution in [0.1, 0.15) is 116 Å². The second kappa shape index (κ2) is 18.4. The highest BCUT2D eigenvalue weighted by Gasteiger charge is 2.06. The average Bonchev–Trinajstić information content (AvgIpc) is 2.86. The summed E-state index contributed by atoms with van der Waals surface area (Å²) in [6.07, 6.45) is 21.1. The maximum Gasteiger partial charge on any atom is 0.159 e. The van der Waals surface area contributed by atoms with Crippen molar-refractivity contribution in [2.75, 3.05) is 6.61 Å². The zero-order valence-corrected chi connectivity index (χ0v) is 21.7. The zero-order chi connectivity index (χ0) is 24.3. The van der Waals surface area contributed by atoms with Gasteiger partial charge in [0.2, 0.25) is 0 Å². The van der Waals surface area contributed by atoms with Crippen LogP contribution in [0.3, 0.4) is 0 Å². The normalized spacial score (nSPS) is 12.1. The predicted octanol–water partition coefficient (Wildman–Crippen LogP) is 9.29. The topological polar surface area (TPSA) is 35.0 Å². The van der Waals surface area contributed by atoms with Crippen LogP contribution < -0.4 is 4.74 Å². The first-order valence-electron chi connectivity index (χ1n) is 13.9. The average molecular weight is 471 g/mol. The summed E-state index contributed by atoms with van der Waals surface area (Å²) in [6.45, 7) is 5.00. The fourth-order valence-electron chi connectivity index (χ4n) is 4.24. The van der Waals surface area contributed by atoms with Gasteiger partial charge in [-0.3, -0.25) is 0 Å². The third kappa shape index (κ3) is 12.5. The Morgan fingerprint density at radius 3 is 1.91 bits per heavy atom. The van der Waals surface area contributed by atoms with E-state index in [9.17, 15) is 4.39 Å². The molecule has 3 nitrogen and oxygen atoms in total. The Balaban J connectivity index is 1.61. The summed E-state index contributed by atoms with van der Waals surface area (Å²) in [5.41, 5.74) is 2.42. The highest BCUT2D eigenvalue weighted by molar-refractivity contribution is 5.55. The van der Waals surface area contributed by atoms with Crippen molar-refractivity contribution in [3.8, 4) is 17.1 Å². The molecule has 0 bridgehead atoms. The molecule has 2 rings (SSSR count). The van der Waals surface area contributed by atoms with Gasteiger partial charge in [0, 0.05) is 5.56 Å². The molecule has 1 atom stereocenters. The van der Waals surface area contributed by atoms with Crippen LogP contribution in [0.15, 0.2) is 36.7 Å². The minimum atomic E-state index is -0.666. The molecule has 0 radical (unpaired) electrons. The molecule has 34 heavy (non-hydrogen) atoms. The second-order valence-electron chi connectivity index (χ2n) is 9.60. The number of benzene rings is 1. The lowest BCUT2D eigenvalue weighted by molar-refractivity contribution is 0.260. The number of aromatic nitrogens is 2. The molecule has 0 spiro atoms. The summed E-state index contributed by atoms with van der Waals surface area (Å²) < 4.78 is 19.5. The number of halogens is 1. The third-order valence-electron chi connectivity index (χ3n) is 6.46. The minimum Gasteiger partial charge on any atom is -0.490 e. The van der Waals surface area contributed by atoms with Gasteiger partial charge in [0.1, 0.15) is 6.17 Å². The summed E-state index contributed by atoms with van der Waals surface area (Å²) in [4.78, 5) is 8.94. The van der Waals surface area contributed by atoms with Gasteiger partial charge in [-0.1, -0.05) is 102 Å². The monoisotopic (exact) mass is 470 g/mol. The van der Waals surface area contributed by atoms with Crippen molar-refractivity contribution in [3.05, 3.63) is 42.2 Å². The smallest absolute Gasteiger partial charge is 0.159 e. The van der Waals surface area contributed by atoms with Gasteiger partial charge in [-0.05, 0) is 44.1 Å². The summed E-state index contributed by atoms with van der Waals surface area (Å²) >= 11 is 0. The summed E-state index contributed by atoms with van der Waals surface area (Å²) in [5.74, 6) is 1.40. The second-order valence-corrected chi connectivity index (χ2v) is 9.60. The number of hydrogen-bond acceptors (Lipinski definition) is 3. The Bertz CT molecular complexity index is 732. The Kier molecular flexibility index (Phi) is 15.3. The molecule has 0 N–H and O–H groups in total. The van der Waals surface area contributed by atoms with Gasteiger partial charge in [-0.25, -0.2) is 14.4 Å². The first-order valence-corrected chi connectivity index (χ1v) is 13.9. The van der Waals surface area contributed by atoms with Crippen LogP contribution in [0.25, 0.3) is 11.4 Å². The van der Waals surface area contributed by atoms with E-state index < -0.39 is 6.17 Å². The van der Waals surface area contributed by atoms with Gasteiger partial charge in [-0.2, -0.15) is 0 Å². The number of alkyl halides is 1. The number of nitrogens with zero attached hydrogens (tertiary/aromatic N) is 2. The SMILES string of the molecule is CCCCCCCCCCc1ccc(-c2ncc(OCCCCC(F)CCCCC)cn2)cc1. The molecular weight excluding hydrogens is 423 g/mol. The van der Waals surface area contributed by atoms with Gasteiger partial charge < -0.3 is 4.74 Å². The highest BCUT2D eigenvalue weighted by atomic mass is 19.1. The number of rotatable bonds is 20. The van der Waals surface area contributed by atoms with Crippen LogP contribution in [-0.4, -0.2) is 22.7 Å². The van der Waals surface area contributed by atoms with E-state index in [1.807, 2.05) is 0 Å². The number of aryl methyl sites for hydroxylation is 1. The summed E-state index contributed by atoms with van der Waals surface area (Å²) in [7, 11) is 0. The van der Waals surface area contributed by atoms with E-state index in [1.165, 1.54) is 56.9 Å². The van der Waals surface area contributed by atoms with Gasteiger partial charge >= 0.3 is 0 Å². The van der Waals surface area contributed by atoms with Gasteiger partial charge in [0.05, 0.1) is 19.0 Å². The van der Waals surface area contributed by atoms with Crippen LogP contribution in [0.5, 0.6) is 5.75 Å². The van der Waals surface area contributed by atoms with Crippen LogP contribution >= 0.6 is 0 Å². The molecule has 1 aromatic carbocycles. The Morgan fingerprint density at radius 2 is 1.26 bits per heavy atom. The molecule has 0 aliphatic carbocycles. The lowest BCUT2D eigenvalue weighted by Gasteiger charge is -2.09. The zero-order valence-electron chi connectivity index (χ0n) is 21.7. The van der Waals surface area contributed by atoms with E-state index >= 15 is 0 Å². The van der Waals surface area contributed by atoms with Crippen LogP contribution in [0, 0.1) is 0 Å². The summed E-state index contributed by atoms with van der Waals surface area (Å²) in [5, 5.41) is 0. The van der Waals surface area contributed by atoms with E-state index in [0.717, 1.165) is 49.9 Å². The maximum absolute atomic E-state index is 13.8. The molecule has 0 aliphatic heterocycles. The molecule has 190 valence electrons. The molecule has 0 saturated carbocycles. The minimum absolute atomic E-state index is 0.581. The van der Waals surface area contributed by atoms with Gasteiger partial charge in [0.25, 0.3) is 0 Å². The molecule has 0 saturated heterocycles. The largest absolute Gasteiger partial charge is 0.490 e. The third-order valence-corrected chi connectivity index (χ3v) is 6.46. The molecule has 1 heterocycles. The Labute approximate surface area is 208 Å². The molecule has 1 aromatic heterocycles. The highest BCUT2D eigenvalue weighted by Crippen LogP contribution is 2.19. The molecule has 0 fully saturated rings. The van der Waals surface area contributed by atoms with Crippen LogP contribution in [0.2, 0.25) is 0 Å². The van der Waals surface area contributed by atoms with Crippen molar-refractivity contribution >= 4 is 0 Å². The van der Waals surface area contributed by atoms with E-state index in [-0.39, 0.29) is 0 Å². The number of hydrogen-bond donors (Lipinski definition) is 0. The molecule has 0 amide bonds. The van der Waals surface area contributed by atoms with Crippen LogP contribution in [-0.2, 0) is 6.42 Å². The van der Waals surface area contributed by atoms with Crippen molar-refractivity contribution in [2.45, 2.75) is 123 Å². The predicted molar refractivity (Wildman–Crippen MR) is 142 cm³/mol. The van der Waals surface area contributed by atoms with Crippen molar-refractivity contribution in [3.63, 3.8) is 0 Å². The van der Waals surface area contributed by atoms with Crippen molar-refractivity contribution in [1.29, 1.82) is 0 Å².